The quantitative estimate of drug-likeness (QED) is 0.752. The molecule has 0 unspecified atom stereocenters. The van der Waals surface area contributed by atoms with Crippen LogP contribution in [0, 0.1) is 0 Å². The third kappa shape index (κ3) is 3.60. The van der Waals surface area contributed by atoms with Gasteiger partial charge in [-0.2, -0.15) is 5.10 Å². The van der Waals surface area contributed by atoms with Crippen LogP contribution in [0.25, 0.3) is 10.9 Å². The highest BCUT2D eigenvalue weighted by Gasteiger charge is 2.29. The van der Waals surface area contributed by atoms with E-state index in [0.29, 0.717) is 12.2 Å². The van der Waals surface area contributed by atoms with E-state index < -0.39 is 0 Å². The summed E-state index contributed by atoms with van der Waals surface area (Å²) < 4.78 is 2.22. The largest absolute Gasteiger partial charge is 0.337 e. The molecule has 0 bridgehead atoms. The summed E-state index contributed by atoms with van der Waals surface area (Å²) >= 11 is 0. The summed E-state index contributed by atoms with van der Waals surface area (Å²) in [5.41, 5.74) is 1.41. The highest BCUT2D eigenvalue weighted by molar-refractivity contribution is 6.04. The maximum absolute atomic E-state index is 13.1. The number of H-pyrrole nitrogens is 1. The number of aromatic amines is 1. The Bertz CT molecular complexity index is 927. The lowest BCUT2D eigenvalue weighted by Gasteiger charge is -2.32. The molecule has 1 fully saturated rings. The monoisotopic (exact) mass is 366 g/mol. The topological polar surface area (TPSA) is 70.1 Å². The molecule has 4 rings (SSSR count). The van der Waals surface area contributed by atoms with Gasteiger partial charge in [-0.25, -0.2) is 4.98 Å². The van der Waals surface area contributed by atoms with Gasteiger partial charge in [0.25, 0.3) is 5.91 Å². The first-order valence-corrected chi connectivity index (χ1v) is 9.51. The van der Waals surface area contributed by atoms with E-state index in [1.165, 1.54) is 0 Å². The number of amides is 1. The van der Waals surface area contributed by atoms with Crippen molar-refractivity contribution in [1.82, 2.24) is 29.5 Å². The number of carbonyl (C=O) groups is 1. The zero-order chi connectivity index (χ0) is 18.8. The number of benzene rings is 1. The lowest BCUT2D eigenvalue weighted by atomic mass is 9.96. The molecule has 0 saturated carbocycles. The minimum atomic E-state index is 0.00328. The summed E-state index contributed by atoms with van der Waals surface area (Å²) in [5.74, 6) is 1.36. The number of imidazole rings is 1. The number of nitrogens with zero attached hydrogens (tertiary/aromatic N) is 5. The van der Waals surface area contributed by atoms with E-state index in [1.54, 1.807) is 0 Å². The smallest absolute Gasteiger partial charge is 0.275 e. The van der Waals surface area contributed by atoms with E-state index in [4.69, 9.17) is 0 Å². The second kappa shape index (κ2) is 7.52. The summed E-state index contributed by atoms with van der Waals surface area (Å²) in [4.78, 5) is 21.8. The minimum absolute atomic E-state index is 0.00328. The summed E-state index contributed by atoms with van der Waals surface area (Å²) in [6.45, 7) is 3.35. The van der Waals surface area contributed by atoms with Gasteiger partial charge in [0, 0.05) is 49.9 Å². The highest BCUT2D eigenvalue weighted by atomic mass is 16.2. The zero-order valence-corrected chi connectivity index (χ0v) is 15.9. The van der Waals surface area contributed by atoms with Crippen LogP contribution >= 0.6 is 0 Å². The number of rotatable bonds is 5. The van der Waals surface area contributed by atoms with E-state index in [0.717, 1.165) is 49.2 Å². The number of hydrogen-bond donors (Lipinski definition) is 1. The molecule has 0 spiro atoms. The fourth-order valence-electron chi connectivity index (χ4n) is 3.83. The molecule has 7 heteroatoms. The molecule has 1 N–H and O–H groups in total. The second-order valence-corrected chi connectivity index (χ2v) is 7.49. The number of aromatic nitrogens is 4. The molecule has 1 aliphatic rings. The predicted molar refractivity (Wildman–Crippen MR) is 105 cm³/mol. The van der Waals surface area contributed by atoms with Gasteiger partial charge in [0.05, 0.1) is 5.52 Å². The van der Waals surface area contributed by atoms with E-state index in [-0.39, 0.29) is 11.8 Å². The lowest BCUT2D eigenvalue weighted by Crippen LogP contribution is -2.40. The molecule has 0 aliphatic carbocycles. The van der Waals surface area contributed by atoms with Gasteiger partial charge in [-0.1, -0.05) is 18.2 Å². The van der Waals surface area contributed by atoms with Crippen molar-refractivity contribution in [3.05, 3.63) is 48.2 Å². The number of fused-ring (bicyclic) bond motifs is 1. The number of para-hydroxylation sites is 1. The van der Waals surface area contributed by atoms with Gasteiger partial charge >= 0.3 is 0 Å². The molecule has 1 saturated heterocycles. The highest BCUT2D eigenvalue weighted by Crippen LogP contribution is 2.27. The normalized spacial score (nSPS) is 17.7. The first kappa shape index (κ1) is 17.7. The van der Waals surface area contributed by atoms with E-state index in [1.807, 2.05) is 41.6 Å². The van der Waals surface area contributed by atoms with Gasteiger partial charge in [0.2, 0.25) is 0 Å². The Morgan fingerprint density at radius 3 is 3.04 bits per heavy atom. The van der Waals surface area contributed by atoms with Crippen molar-refractivity contribution in [2.75, 3.05) is 33.7 Å². The molecule has 1 aliphatic heterocycles. The van der Waals surface area contributed by atoms with Gasteiger partial charge in [-0.15, -0.1) is 0 Å². The van der Waals surface area contributed by atoms with Crippen LogP contribution in [-0.2, 0) is 6.54 Å². The number of carbonyl (C=O) groups excluding carboxylic acids is 1. The summed E-state index contributed by atoms with van der Waals surface area (Å²) in [6, 6.07) is 7.77. The van der Waals surface area contributed by atoms with E-state index in [2.05, 4.69) is 38.7 Å². The first-order valence-electron chi connectivity index (χ1n) is 9.51. The molecular formula is C20H26N6O. The second-order valence-electron chi connectivity index (χ2n) is 7.49. The molecule has 0 radical (unpaired) electrons. The van der Waals surface area contributed by atoms with Crippen LogP contribution in [0.15, 0.2) is 36.7 Å². The standard InChI is InChI=1S/C20H26N6O/c1-24(2)12-13-25-11-9-21-19(25)15-6-5-10-26(14-15)20(27)18-16-7-3-4-8-17(16)22-23-18/h3-4,7-9,11,15H,5-6,10,12-14H2,1-2H3,(H,22,23)/t15-/m0/s1. The average Bonchev–Trinajstić information content (AvgIpc) is 3.33. The van der Waals surface area contributed by atoms with Crippen LogP contribution in [0.3, 0.4) is 0 Å². The molecule has 2 aromatic heterocycles. The maximum atomic E-state index is 13.1. The number of nitrogens with one attached hydrogen (secondary N) is 1. The van der Waals surface area contributed by atoms with Crippen LogP contribution in [0.5, 0.6) is 0 Å². The van der Waals surface area contributed by atoms with E-state index >= 15 is 0 Å². The van der Waals surface area contributed by atoms with Crippen molar-refractivity contribution in [1.29, 1.82) is 0 Å². The Morgan fingerprint density at radius 2 is 2.19 bits per heavy atom. The molecule has 1 aromatic carbocycles. The molecular weight excluding hydrogens is 340 g/mol. The zero-order valence-electron chi connectivity index (χ0n) is 15.9. The summed E-state index contributed by atoms with van der Waals surface area (Å²) in [5, 5.41) is 8.13. The van der Waals surface area contributed by atoms with Crippen molar-refractivity contribution in [2.24, 2.45) is 0 Å². The van der Waals surface area contributed by atoms with Crippen molar-refractivity contribution in [3.8, 4) is 0 Å². The van der Waals surface area contributed by atoms with Crippen molar-refractivity contribution < 1.29 is 4.79 Å². The molecule has 142 valence electrons. The number of likely N-dealkylation sites (tertiary alicyclic amines) is 1. The number of piperidine rings is 1. The number of hydrogen-bond acceptors (Lipinski definition) is 4. The lowest BCUT2D eigenvalue weighted by molar-refractivity contribution is 0.0699. The van der Waals surface area contributed by atoms with Crippen LogP contribution in [0.4, 0.5) is 0 Å². The Hall–Kier alpha value is -2.67. The number of likely N-dealkylation sites (N-methyl/N-ethyl adjacent to an activating group) is 1. The molecule has 1 amide bonds. The first-order chi connectivity index (χ1) is 13.1. The predicted octanol–water partition coefficient (Wildman–Crippen LogP) is 2.34. The summed E-state index contributed by atoms with van der Waals surface area (Å²) in [7, 11) is 4.15. The van der Waals surface area contributed by atoms with Crippen molar-refractivity contribution in [3.63, 3.8) is 0 Å². The van der Waals surface area contributed by atoms with Crippen LogP contribution in [-0.4, -0.2) is 69.2 Å². The van der Waals surface area contributed by atoms with Crippen molar-refractivity contribution >= 4 is 16.8 Å². The third-order valence-electron chi connectivity index (χ3n) is 5.28. The fraction of sp³-hybridized carbons (Fsp3) is 0.450. The summed E-state index contributed by atoms with van der Waals surface area (Å²) in [6.07, 6.45) is 5.96. The van der Waals surface area contributed by atoms with Gasteiger partial charge in [0.15, 0.2) is 5.69 Å². The fourth-order valence-corrected chi connectivity index (χ4v) is 3.83. The van der Waals surface area contributed by atoms with Crippen molar-refractivity contribution in [2.45, 2.75) is 25.3 Å². The molecule has 27 heavy (non-hydrogen) atoms. The molecule has 7 nitrogen and oxygen atoms in total. The van der Waals surface area contributed by atoms with Crippen LogP contribution < -0.4 is 0 Å². The Morgan fingerprint density at radius 1 is 1.33 bits per heavy atom. The maximum Gasteiger partial charge on any atom is 0.275 e. The Labute approximate surface area is 159 Å². The third-order valence-corrected chi connectivity index (χ3v) is 5.28. The van der Waals surface area contributed by atoms with Crippen LogP contribution in [0.2, 0.25) is 0 Å². The molecule has 1 atom stereocenters. The van der Waals surface area contributed by atoms with Gasteiger partial charge in [0.1, 0.15) is 5.82 Å². The average molecular weight is 366 g/mol. The minimum Gasteiger partial charge on any atom is -0.337 e. The van der Waals surface area contributed by atoms with Gasteiger partial charge in [-0.3, -0.25) is 9.89 Å². The van der Waals surface area contributed by atoms with Gasteiger partial charge in [-0.05, 0) is 33.0 Å². The SMILES string of the molecule is CN(C)CCn1ccnc1[C@H]1CCCN(C(=O)c2n[nH]c3ccccc23)C1. The van der Waals surface area contributed by atoms with Crippen LogP contribution in [0.1, 0.15) is 35.1 Å². The van der Waals surface area contributed by atoms with Gasteiger partial charge < -0.3 is 14.4 Å². The Balaban J connectivity index is 1.52. The molecule has 3 heterocycles. The Kier molecular flexibility index (Phi) is 4.94. The van der Waals surface area contributed by atoms with E-state index in [9.17, 15) is 4.79 Å². The molecule has 3 aromatic rings.